The third-order valence-electron chi connectivity index (χ3n) is 13.1. The molecule has 2 heteroatoms. The molecule has 0 amide bonds. The van der Waals surface area contributed by atoms with Gasteiger partial charge in [-0.2, -0.15) is 0 Å². The molecule has 0 radical (unpaired) electrons. The second-order valence-electron chi connectivity index (χ2n) is 14.9. The van der Waals surface area contributed by atoms with E-state index in [4.69, 9.17) is 0 Å². The standard InChI is InChI=1S/C30H48O2/c1-25(2)12-8-13-28(5)22(25)11-14-30(7)23(28)10-9-20-21-19-27(4,24(31)32)16-15-26(21,3)17-18-29(20,30)6/h9,21-23H,8,10-19H2,1-7H3,(H,31,32)/t21-,22?,23-,26-,27?,28+,29-,30-/m1/s1. The minimum atomic E-state index is -0.579. The predicted molar refractivity (Wildman–Crippen MR) is 131 cm³/mol. The predicted octanol–water partition coefficient (Wildman–Crippen LogP) is 8.26. The van der Waals surface area contributed by atoms with Crippen LogP contribution in [-0.4, -0.2) is 11.1 Å². The van der Waals surface area contributed by atoms with Crippen molar-refractivity contribution < 1.29 is 9.90 Å². The Labute approximate surface area is 197 Å². The molecule has 0 bridgehead atoms. The molecule has 32 heavy (non-hydrogen) atoms. The lowest BCUT2D eigenvalue weighted by atomic mass is 9.34. The molecule has 0 aromatic carbocycles. The van der Waals surface area contributed by atoms with Gasteiger partial charge in [-0.15, -0.1) is 0 Å². The van der Waals surface area contributed by atoms with Crippen LogP contribution in [0, 0.1) is 50.2 Å². The molecule has 4 saturated carbocycles. The third-order valence-corrected chi connectivity index (χ3v) is 13.1. The second-order valence-corrected chi connectivity index (χ2v) is 14.9. The van der Waals surface area contributed by atoms with Crippen molar-refractivity contribution in [2.45, 2.75) is 119 Å². The van der Waals surface area contributed by atoms with Gasteiger partial charge < -0.3 is 5.11 Å². The van der Waals surface area contributed by atoms with Gasteiger partial charge in [-0.1, -0.05) is 59.6 Å². The lowest BCUT2D eigenvalue weighted by molar-refractivity contribution is -0.181. The van der Waals surface area contributed by atoms with Crippen LogP contribution in [0.25, 0.3) is 0 Å². The van der Waals surface area contributed by atoms with Crippen LogP contribution >= 0.6 is 0 Å². The van der Waals surface area contributed by atoms with Crippen molar-refractivity contribution >= 4 is 5.97 Å². The Balaban J connectivity index is 1.57. The minimum absolute atomic E-state index is 0.229. The maximum Gasteiger partial charge on any atom is 0.309 e. The molecule has 2 unspecified atom stereocenters. The molecule has 5 aliphatic rings. The van der Waals surface area contributed by atoms with E-state index in [0.29, 0.717) is 22.2 Å². The quantitative estimate of drug-likeness (QED) is 0.417. The first-order chi connectivity index (χ1) is 14.7. The van der Waals surface area contributed by atoms with Gasteiger partial charge in [-0.3, -0.25) is 4.79 Å². The number of hydrogen-bond acceptors (Lipinski definition) is 1. The number of hydrogen-bond donors (Lipinski definition) is 1. The SMILES string of the molecule is CC1(C(=O)O)CC[C@]2(C)CC[C@]3(C)C(=CC[C@@H]4[C@@]5(C)CCCC(C)(C)C5CC[C@]43C)[C@H]2C1. The summed E-state index contributed by atoms with van der Waals surface area (Å²) in [6.45, 7) is 17.5. The van der Waals surface area contributed by atoms with Crippen molar-refractivity contribution in [1.82, 2.24) is 0 Å². The highest BCUT2D eigenvalue weighted by Gasteiger charge is 2.67. The molecule has 8 atom stereocenters. The number of aliphatic carboxylic acids is 1. The summed E-state index contributed by atoms with van der Waals surface area (Å²) in [5, 5.41) is 10.1. The number of carbonyl (C=O) groups is 1. The zero-order valence-electron chi connectivity index (χ0n) is 21.9. The van der Waals surface area contributed by atoms with Gasteiger partial charge in [0.05, 0.1) is 5.41 Å². The van der Waals surface area contributed by atoms with Crippen LogP contribution in [0.2, 0.25) is 0 Å². The molecule has 5 rings (SSSR count). The van der Waals surface area contributed by atoms with E-state index >= 15 is 0 Å². The van der Waals surface area contributed by atoms with E-state index in [2.05, 4.69) is 47.6 Å². The molecular weight excluding hydrogens is 392 g/mol. The van der Waals surface area contributed by atoms with Gasteiger partial charge in [0.25, 0.3) is 0 Å². The van der Waals surface area contributed by atoms with Crippen LogP contribution in [0.3, 0.4) is 0 Å². The van der Waals surface area contributed by atoms with Crippen molar-refractivity contribution in [2.24, 2.45) is 50.2 Å². The molecule has 0 aromatic heterocycles. The van der Waals surface area contributed by atoms with E-state index in [1.807, 2.05) is 6.92 Å². The Morgan fingerprint density at radius 1 is 0.875 bits per heavy atom. The molecule has 1 N–H and O–H groups in total. The van der Waals surface area contributed by atoms with E-state index < -0.39 is 11.4 Å². The van der Waals surface area contributed by atoms with E-state index in [-0.39, 0.29) is 10.8 Å². The Hall–Kier alpha value is -0.790. The fourth-order valence-electron chi connectivity index (χ4n) is 10.6. The van der Waals surface area contributed by atoms with Crippen molar-refractivity contribution in [3.05, 3.63) is 11.6 Å². The van der Waals surface area contributed by atoms with Crippen molar-refractivity contribution in [2.75, 3.05) is 0 Å². The number of carboxylic acids is 1. The van der Waals surface area contributed by atoms with E-state index in [1.165, 1.54) is 51.4 Å². The van der Waals surface area contributed by atoms with Crippen molar-refractivity contribution in [1.29, 1.82) is 0 Å². The lowest BCUT2D eigenvalue weighted by Crippen LogP contribution is -2.63. The first-order valence-corrected chi connectivity index (χ1v) is 13.7. The van der Waals surface area contributed by atoms with Gasteiger partial charge >= 0.3 is 5.97 Å². The summed E-state index contributed by atoms with van der Waals surface area (Å²) in [7, 11) is 0. The van der Waals surface area contributed by atoms with Crippen LogP contribution in [-0.2, 0) is 4.79 Å². The zero-order valence-corrected chi connectivity index (χ0v) is 21.9. The molecule has 180 valence electrons. The van der Waals surface area contributed by atoms with Crippen LogP contribution < -0.4 is 0 Å². The highest BCUT2D eigenvalue weighted by atomic mass is 16.4. The first kappa shape index (κ1) is 23.0. The molecule has 0 heterocycles. The molecule has 0 saturated heterocycles. The van der Waals surface area contributed by atoms with E-state index in [9.17, 15) is 9.90 Å². The van der Waals surface area contributed by atoms with Crippen molar-refractivity contribution in [3.8, 4) is 0 Å². The van der Waals surface area contributed by atoms with Gasteiger partial charge in [0.1, 0.15) is 0 Å². The number of rotatable bonds is 1. The highest BCUT2D eigenvalue weighted by Crippen LogP contribution is 2.75. The number of allylic oxidation sites excluding steroid dienone is 2. The average Bonchev–Trinajstić information content (AvgIpc) is 2.69. The van der Waals surface area contributed by atoms with Gasteiger partial charge in [-0.25, -0.2) is 0 Å². The summed E-state index contributed by atoms with van der Waals surface area (Å²) in [5.74, 6) is 1.48. The fraction of sp³-hybridized carbons (Fsp3) is 0.900. The largest absolute Gasteiger partial charge is 0.481 e. The fourth-order valence-corrected chi connectivity index (χ4v) is 10.6. The highest BCUT2D eigenvalue weighted by molar-refractivity contribution is 5.74. The second kappa shape index (κ2) is 6.66. The van der Waals surface area contributed by atoms with Crippen molar-refractivity contribution in [3.63, 3.8) is 0 Å². The van der Waals surface area contributed by atoms with Crippen LogP contribution in [0.15, 0.2) is 11.6 Å². The summed E-state index contributed by atoms with van der Waals surface area (Å²) in [6.07, 6.45) is 16.1. The normalized spacial score (nSPS) is 54.3. The zero-order chi connectivity index (χ0) is 23.4. The van der Waals surface area contributed by atoms with Crippen LogP contribution in [0.4, 0.5) is 0 Å². The summed E-state index contributed by atoms with van der Waals surface area (Å²) < 4.78 is 0. The minimum Gasteiger partial charge on any atom is -0.481 e. The molecule has 5 aliphatic carbocycles. The Morgan fingerprint density at radius 3 is 2.25 bits per heavy atom. The summed E-state index contributed by atoms with van der Waals surface area (Å²) in [6, 6.07) is 0. The maximum absolute atomic E-state index is 12.2. The first-order valence-electron chi connectivity index (χ1n) is 13.7. The molecular formula is C30H48O2. The summed E-state index contributed by atoms with van der Waals surface area (Å²) in [4.78, 5) is 12.2. The third kappa shape index (κ3) is 2.73. The Kier molecular flexibility index (Phi) is 4.78. The van der Waals surface area contributed by atoms with E-state index in [0.717, 1.165) is 31.1 Å². The Morgan fingerprint density at radius 2 is 1.56 bits per heavy atom. The molecule has 2 nitrogen and oxygen atoms in total. The van der Waals surface area contributed by atoms with E-state index in [1.54, 1.807) is 5.57 Å². The van der Waals surface area contributed by atoms with Gasteiger partial charge in [0.2, 0.25) is 0 Å². The van der Waals surface area contributed by atoms with Gasteiger partial charge in [0, 0.05) is 0 Å². The summed E-state index contributed by atoms with van der Waals surface area (Å²) in [5.41, 5.74) is 2.89. The smallest absolute Gasteiger partial charge is 0.309 e. The van der Waals surface area contributed by atoms with Crippen LogP contribution in [0.5, 0.6) is 0 Å². The molecule has 4 fully saturated rings. The number of carboxylic acid groups (broad SMARTS) is 1. The number of fused-ring (bicyclic) bond motifs is 7. The molecule has 0 aliphatic heterocycles. The average molecular weight is 441 g/mol. The summed E-state index contributed by atoms with van der Waals surface area (Å²) >= 11 is 0. The van der Waals surface area contributed by atoms with Gasteiger partial charge in [-0.05, 0) is 116 Å². The molecule has 0 spiro atoms. The topological polar surface area (TPSA) is 37.3 Å². The van der Waals surface area contributed by atoms with Crippen LogP contribution in [0.1, 0.15) is 119 Å². The monoisotopic (exact) mass is 440 g/mol. The van der Waals surface area contributed by atoms with Gasteiger partial charge in [0.15, 0.2) is 0 Å². The lowest BCUT2D eigenvalue weighted by Gasteiger charge is -2.71. The molecule has 0 aromatic rings. The Bertz CT molecular complexity index is 855. The maximum atomic E-state index is 12.2.